The zero-order valence-electron chi connectivity index (χ0n) is 15.2. The molecule has 0 unspecified atom stereocenters. The van der Waals surface area contributed by atoms with E-state index >= 15 is 0 Å². The van der Waals surface area contributed by atoms with Crippen molar-refractivity contribution in [2.45, 2.75) is 19.4 Å². The molecule has 0 bridgehead atoms. The van der Waals surface area contributed by atoms with Crippen molar-refractivity contribution in [2.75, 3.05) is 18.5 Å². The number of nitrogens with zero attached hydrogens (tertiary/aromatic N) is 5. The van der Waals surface area contributed by atoms with Crippen LogP contribution in [0.4, 0.5) is 10.5 Å². The molecule has 3 aromatic heterocycles. The van der Waals surface area contributed by atoms with E-state index in [-0.39, 0.29) is 12.1 Å². The summed E-state index contributed by atoms with van der Waals surface area (Å²) in [6.45, 7) is 2.90. The molecule has 1 atom stereocenters. The van der Waals surface area contributed by atoms with Gasteiger partial charge in [-0.2, -0.15) is 5.10 Å². The van der Waals surface area contributed by atoms with E-state index in [1.165, 1.54) is 0 Å². The molecule has 0 aliphatic carbocycles. The van der Waals surface area contributed by atoms with Crippen molar-refractivity contribution in [1.82, 2.24) is 29.6 Å². The smallest absolute Gasteiger partial charge is 0.322 e. The number of hydrogen-bond donors (Lipinski definition) is 2. The van der Waals surface area contributed by atoms with E-state index in [1.807, 2.05) is 20.0 Å². The molecule has 4 rings (SSSR count). The second kappa shape index (κ2) is 7.10. The van der Waals surface area contributed by atoms with Gasteiger partial charge in [-0.3, -0.25) is 4.68 Å². The number of imidazole rings is 1. The number of nitrogens with one attached hydrogen (secondary N) is 2. The Morgan fingerprint density at radius 2 is 2.26 bits per heavy atom. The highest BCUT2D eigenvalue weighted by Gasteiger charge is 2.36. The van der Waals surface area contributed by atoms with Crippen LogP contribution in [-0.4, -0.2) is 48.8 Å². The van der Waals surface area contributed by atoms with Gasteiger partial charge in [0.05, 0.1) is 24.3 Å². The summed E-state index contributed by atoms with van der Waals surface area (Å²) in [5, 5.41) is 7.19. The van der Waals surface area contributed by atoms with E-state index in [1.54, 1.807) is 40.4 Å². The molecule has 0 saturated carbocycles. The number of carbonyl (C=O) groups excluding carboxylic acids is 1. The van der Waals surface area contributed by atoms with Gasteiger partial charge >= 0.3 is 6.03 Å². The predicted molar refractivity (Wildman–Crippen MR) is 98.5 cm³/mol. The van der Waals surface area contributed by atoms with Crippen molar-refractivity contribution in [3.63, 3.8) is 0 Å². The average molecular weight is 367 g/mol. The van der Waals surface area contributed by atoms with Gasteiger partial charge < -0.3 is 19.9 Å². The fourth-order valence-electron chi connectivity index (χ4n) is 3.37. The topological polar surface area (TPSA) is 101 Å². The summed E-state index contributed by atoms with van der Waals surface area (Å²) in [6.07, 6.45) is 5.74. The SMILES string of the molecule is CCOc1ncccc1NC(=O)N1CCc2[nH]cnc2[C@H]1c1ccnn1C. The van der Waals surface area contributed by atoms with Crippen molar-refractivity contribution in [2.24, 2.45) is 7.05 Å². The number of carbonyl (C=O) groups is 1. The number of rotatable bonds is 4. The van der Waals surface area contributed by atoms with E-state index in [0.717, 1.165) is 17.1 Å². The number of hydrogen-bond acceptors (Lipinski definition) is 5. The fraction of sp³-hybridized carbons (Fsp3) is 0.333. The summed E-state index contributed by atoms with van der Waals surface area (Å²) in [5.41, 5.74) is 3.33. The van der Waals surface area contributed by atoms with Crippen LogP contribution in [0.5, 0.6) is 5.88 Å². The van der Waals surface area contributed by atoms with Gasteiger partial charge in [0.2, 0.25) is 5.88 Å². The standard InChI is InChI=1S/C18H21N7O2/c1-3-27-17-13(5-4-8-19-17)23-18(26)25-10-7-12-15(21-11-20-12)16(25)14-6-9-22-24(14)2/h4-6,8-9,11,16H,3,7,10H2,1-2H3,(H,20,21)(H,23,26)/t16-/m1/s1. The van der Waals surface area contributed by atoms with Crippen LogP contribution in [0.15, 0.2) is 36.9 Å². The zero-order valence-corrected chi connectivity index (χ0v) is 15.2. The van der Waals surface area contributed by atoms with E-state index in [9.17, 15) is 4.79 Å². The lowest BCUT2D eigenvalue weighted by atomic mass is 10.00. The van der Waals surface area contributed by atoms with Crippen LogP contribution < -0.4 is 10.1 Å². The third-order valence-corrected chi connectivity index (χ3v) is 4.62. The Hall–Kier alpha value is -3.36. The number of urea groups is 1. The number of fused-ring (bicyclic) bond motifs is 1. The molecule has 27 heavy (non-hydrogen) atoms. The number of anilines is 1. The van der Waals surface area contributed by atoms with Gasteiger partial charge in [0.15, 0.2) is 0 Å². The largest absolute Gasteiger partial charge is 0.476 e. The van der Waals surface area contributed by atoms with Gasteiger partial charge in [-0.25, -0.2) is 14.8 Å². The first kappa shape index (κ1) is 17.1. The number of aromatic amines is 1. The highest BCUT2D eigenvalue weighted by Crippen LogP contribution is 2.33. The number of H-pyrrole nitrogens is 1. The van der Waals surface area contributed by atoms with Crippen LogP contribution in [-0.2, 0) is 13.5 Å². The molecule has 0 radical (unpaired) electrons. The number of ether oxygens (including phenoxy) is 1. The lowest BCUT2D eigenvalue weighted by molar-refractivity contribution is 0.189. The number of aryl methyl sites for hydroxylation is 1. The predicted octanol–water partition coefficient (Wildman–Crippen LogP) is 2.12. The summed E-state index contributed by atoms with van der Waals surface area (Å²) < 4.78 is 7.28. The summed E-state index contributed by atoms with van der Waals surface area (Å²) in [7, 11) is 1.86. The Bertz CT molecular complexity index is 949. The molecule has 0 fully saturated rings. The minimum atomic E-state index is -0.320. The molecule has 2 N–H and O–H groups in total. The van der Waals surface area contributed by atoms with Gasteiger partial charge in [0.25, 0.3) is 0 Å². The first-order valence-electron chi connectivity index (χ1n) is 8.84. The summed E-state index contributed by atoms with van der Waals surface area (Å²) in [4.78, 5) is 26.7. The van der Waals surface area contributed by atoms with Crippen molar-refractivity contribution in [3.8, 4) is 5.88 Å². The maximum absolute atomic E-state index is 13.1. The van der Waals surface area contributed by atoms with Crippen LogP contribution in [0.1, 0.15) is 30.0 Å². The number of amides is 2. The second-order valence-electron chi connectivity index (χ2n) is 6.21. The number of pyridine rings is 1. The Kier molecular flexibility index (Phi) is 4.49. The number of aromatic nitrogens is 5. The first-order valence-corrected chi connectivity index (χ1v) is 8.84. The van der Waals surface area contributed by atoms with E-state index in [4.69, 9.17) is 4.74 Å². The molecule has 1 aliphatic rings. The molecule has 2 amide bonds. The van der Waals surface area contributed by atoms with Gasteiger partial charge in [-0.1, -0.05) is 0 Å². The summed E-state index contributed by atoms with van der Waals surface area (Å²) in [5.74, 6) is 0.405. The molecular weight excluding hydrogens is 346 g/mol. The van der Waals surface area contributed by atoms with E-state index < -0.39 is 0 Å². The minimum absolute atomic E-state index is 0.233. The van der Waals surface area contributed by atoms with E-state index in [2.05, 4.69) is 25.4 Å². The molecule has 1 aliphatic heterocycles. The van der Waals surface area contributed by atoms with Crippen LogP contribution in [0.3, 0.4) is 0 Å². The molecule has 3 aromatic rings. The highest BCUT2D eigenvalue weighted by molar-refractivity contribution is 5.91. The molecule has 0 aromatic carbocycles. The summed E-state index contributed by atoms with van der Waals surface area (Å²) in [6, 6.07) is 4.89. The molecule has 140 valence electrons. The van der Waals surface area contributed by atoms with Crippen LogP contribution >= 0.6 is 0 Å². The van der Waals surface area contributed by atoms with Gasteiger partial charge in [-0.05, 0) is 25.1 Å². The van der Waals surface area contributed by atoms with Crippen LogP contribution in [0, 0.1) is 0 Å². The average Bonchev–Trinajstić information content (AvgIpc) is 3.31. The summed E-state index contributed by atoms with van der Waals surface area (Å²) >= 11 is 0. The van der Waals surface area contributed by atoms with Crippen molar-refractivity contribution in [3.05, 3.63) is 54.0 Å². The molecule has 0 spiro atoms. The van der Waals surface area contributed by atoms with E-state index in [0.29, 0.717) is 31.1 Å². The Balaban J connectivity index is 1.66. The van der Waals surface area contributed by atoms with Crippen molar-refractivity contribution < 1.29 is 9.53 Å². The lowest BCUT2D eigenvalue weighted by Crippen LogP contribution is -2.43. The minimum Gasteiger partial charge on any atom is -0.476 e. The normalized spacial score (nSPS) is 16.1. The van der Waals surface area contributed by atoms with Gasteiger partial charge in [0.1, 0.15) is 11.7 Å². The molecule has 4 heterocycles. The molecular formula is C18H21N7O2. The zero-order chi connectivity index (χ0) is 18.8. The van der Waals surface area contributed by atoms with Crippen molar-refractivity contribution in [1.29, 1.82) is 0 Å². The van der Waals surface area contributed by atoms with Crippen LogP contribution in [0.2, 0.25) is 0 Å². The monoisotopic (exact) mass is 367 g/mol. The van der Waals surface area contributed by atoms with Gasteiger partial charge in [0, 0.05) is 38.1 Å². The van der Waals surface area contributed by atoms with Crippen LogP contribution in [0.25, 0.3) is 0 Å². The maximum atomic E-state index is 13.1. The maximum Gasteiger partial charge on any atom is 0.322 e. The Morgan fingerprint density at radius 3 is 3.04 bits per heavy atom. The second-order valence-corrected chi connectivity index (χ2v) is 6.21. The molecule has 9 nitrogen and oxygen atoms in total. The molecule has 0 saturated heterocycles. The third-order valence-electron chi connectivity index (χ3n) is 4.62. The Labute approximate surface area is 156 Å². The van der Waals surface area contributed by atoms with Gasteiger partial charge in [-0.15, -0.1) is 0 Å². The molecule has 9 heteroatoms. The fourth-order valence-corrected chi connectivity index (χ4v) is 3.37. The Morgan fingerprint density at radius 1 is 1.37 bits per heavy atom. The highest BCUT2D eigenvalue weighted by atomic mass is 16.5. The first-order chi connectivity index (χ1) is 13.2. The lowest BCUT2D eigenvalue weighted by Gasteiger charge is -2.34. The quantitative estimate of drug-likeness (QED) is 0.735. The van der Waals surface area contributed by atoms with Crippen molar-refractivity contribution >= 4 is 11.7 Å². The third kappa shape index (κ3) is 3.12.